The van der Waals surface area contributed by atoms with Gasteiger partial charge in [0.05, 0.1) is 0 Å². The number of fused-ring (bicyclic) bond motifs is 1. The van der Waals surface area contributed by atoms with E-state index in [1.165, 1.54) is 15.6 Å². The highest BCUT2D eigenvalue weighted by molar-refractivity contribution is 7.17. The van der Waals surface area contributed by atoms with Crippen LogP contribution in [-0.4, -0.2) is 13.6 Å². The molecule has 0 atom stereocenters. The highest BCUT2D eigenvalue weighted by Crippen LogP contribution is 2.21. The highest BCUT2D eigenvalue weighted by Gasteiger charge is 1.96. The molecule has 0 aliphatic rings. The minimum atomic E-state index is 1.05. The van der Waals surface area contributed by atoms with Crippen LogP contribution in [0.4, 0.5) is 0 Å². The van der Waals surface area contributed by atoms with Gasteiger partial charge in [0.25, 0.3) is 0 Å². The molecule has 0 amide bonds. The van der Waals surface area contributed by atoms with E-state index in [9.17, 15) is 0 Å². The van der Waals surface area contributed by atoms with E-state index in [4.69, 9.17) is 0 Å². The van der Waals surface area contributed by atoms with Crippen LogP contribution in [0.15, 0.2) is 29.6 Å². The van der Waals surface area contributed by atoms with Crippen molar-refractivity contribution in [2.75, 3.05) is 13.6 Å². The van der Waals surface area contributed by atoms with E-state index in [1.54, 1.807) is 11.3 Å². The van der Waals surface area contributed by atoms with Crippen LogP contribution in [0.5, 0.6) is 0 Å². The van der Waals surface area contributed by atoms with Crippen LogP contribution in [0.2, 0.25) is 0 Å². The van der Waals surface area contributed by atoms with Crippen molar-refractivity contribution in [2.45, 2.75) is 20.3 Å². The van der Waals surface area contributed by atoms with Gasteiger partial charge >= 0.3 is 0 Å². The summed E-state index contributed by atoms with van der Waals surface area (Å²) < 4.78 is 1.38. The molecule has 2 rings (SSSR count). The fraction of sp³-hybridized carbons (Fsp3) is 0.385. The SMILES string of the molecule is CC.CNCCc1ccc2sccc2c1. The summed E-state index contributed by atoms with van der Waals surface area (Å²) in [5, 5.41) is 6.68. The van der Waals surface area contributed by atoms with Crippen LogP contribution in [-0.2, 0) is 6.42 Å². The summed E-state index contributed by atoms with van der Waals surface area (Å²) in [6.07, 6.45) is 1.11. The van der Waals surface area contributed by atoms with Gasteiger partial charge in [-0.15, -0.1) is 11.3 Å². The molecule has 0 aliphatic carbocycles. The third-order valence-corrected chi connectivity index (χ3v) is 3.08. The van der Waals surface area contributed by atoms with Crippen molar-refractivity contribution in [3.8, 4) is 0 Å². The Morgan fingerprint density at radius 2 is 2.00 bits per heavy atom. The summed E-state index contributed by atoms with van der Waals surface area (Å²) >= 11 is 1.80. The predicted octanol–water partition coefficient (Wildman–Crippen LogP) is 3.69. The van der Waals surface area contributed by atoms with E-state index >= 15 is 0 Å². The van der Waals surface area contributed by atoms with Crippen LogP contribution in [0.1, 0.15) is 19.4 Å². The third kappa shape index (κ3) is 3.33. The zero-order chi connectivity index (χ0) is 11.1. The average Bonchev–Trinajstić information content (AvgIpc) is 2.76. The summed E-state index contributed by atoms with van der Waals surface area (Å²) in [5.41, 5.74) is 1.42. The van der Waals surface area contributed by atoms with Crippen LogP contribution < -0.4 is 5.32 Å². The number of benzene rings is 1. The molecule has 0 fully saturated rings. The molecule has 1 aromatic carbocycles. The van der Waals surface area contributed by atoms with E-state index in [2.05, 4.69) is 35.0 Å². The monoisotopic (exact) mass is 221 g/mol. The Morgan fingerprint density at radius 3 is 2.73 bits per heavy atom. The van der Waals surface area contributed by atoms with Gasteiger partial charge in [-0.25, -0.2) is 0 Å². The second-order valence-electron chi connectivity index (χ2n) is 3.15. The van der Waals surface area contributed by atoms with Crippen molar-refractivity contribution in [3.05, 3.63) is 35.2 Å². The first-order valence-corrected chi connectivity index (χ1v) is 6.39. The molecule has 1 heterocycles. The minimum Gasteiger partial charge on any atom is -0.319 e. The molecule has 0 radical (unpaired) electrons. The van der Waals surface area contributed by atoms with Crippen LogP contribution in [0, 0.1) is 0 Å². The molecule has 2 aromatic rings. The van der Waals surface area contributed by atoms with Crippen molar-refractivity contribution in [3.63, 3.8) is 0 Å². The number of hydrogen-bond donors (Lipinski definition) is 1. The van der Waals surface area contributed by atoms with Gasteiger partial charge in [0.15, 0.2) is 0 Å². The number of hydrogen-bond acceptors (Lipinski definition) is 2. The molecule has 1 aromatic heterocycles. The van der Waals surface area contributed by atoms with Gasteiger partial charge in [0, 0.05) is 4.70 Å². The topological polar surface area (TPSA) is 12.0 Å². The van der Waals surface area contributed by atoms with E-state index in [0.29, 0.717) is 0 Å². The van der Waals surface area contributed by atoms with E-state index in [0.717, 1.165) is 13.0 Å². The van der Waals surface area contributed by atoms with E-state index in [1.807, 2.05) is 20.9 Å². The van der Waals surface area contributed by atoms with Crippen LogP contribution >= 0.6 is 11.3 Å². The average molecular weight is 221 g/mol. The number of thiophene rings is 1. The third-order valence-electron chi connectivity index (χ3n) is 2.18. The quantitative estimate of drug-likeness (QED) is 0.833. The number of likely N-dealkylation sites (N-methyl/N-ethyl adjacent to an activating group) is 1. The second-order valence-corrected chi connectivity index (χ2v) is 4.09. The molecule has 0 aliphatic heterocycles. The molecular formula is C13H19NS. The van der Waals surface area contributed by atoms with Gasteiger partial charge in [-0.05, 0) is 48.5 Å². The van der Waals surface area contributed by atoms with Gasteiger partial charge < -0.3 is 5.32 Å². The zero-order valence-corrected chi connectivity index (χ0v) is 10.5. The Balaban J connectivity index is 0.000000531. The maximum absolute atomic E-state index is 3.16. The minimum absolute atomic E-state index is 1.05. The first-order chi connectivity index (χ1) is 7.40. The van der Waals surface area contributed by atoms with Crippen molar-refractivity contribution in [1.82, 2.24) is 5.32 Å². The fourth-order valence-corrected chi connectivity index (χ4v) is 2.21. The summed E-state index contributed by atoms with van der Waals surface area (Å²) in [7, 11) is 1.99. The molecule has 0 saturated heterocycles. The van der Waals surface area contributed by atoms with Crippen molar-refractivity contribution in [2.24, 2.45) is 0 Å². The molecule has 0 bridgehead atoms. The lowest BCUT2D eigenvalue weighted by Crippen LogP contribution is -2.09. The zero-order valence-electron chi connectivity index (χ0n) is 9.71. The Hall–Kier alpha value is -0.860. The number of rotatable bonds is 3. The lowest BCUT2D eigenvalue weighted by Gasteiger charge is -2.00. The van der Waals surface area contributed by atoms with Gasteiger partial charge in [-0.1, -0.05) is 26.0 Å². The van der Waals surface area contributed by atoms with Gasteiger partial charge in [-0.2, -0.15) is 0 Å². The number of nitrogens with one attached hydrogen (secondary N) is 1. The Labute approximate surface area is 96.1 Å². The first kappa shape index (κ1) is 12.2. The Bertz CT molecular complexity index is 392. The smallest absolute Gasteiger partial charge is 0.0342 e. The molecule has 2 heteroatoms. The molecular weight excluding hydrogens is 202 g/mol. The summed E-state index contributed by atoms with van der Waals surface area (Å²) in [5.74, 6) is 0. The molecule has 0 unspecified atom stereocenters. The van der Waals surface area contributed by atoms with Gasteiger partial charge in [0.2, 0.25) is 0 Å². The summed E-state index contributed by atoms with van der Waals surface area (Å²) in [4.78, 5) is 0. The standard InChI is InChI=1S/C11H13NS.C2H6/c1-12-6-4-9-2-3-11-10(8-9)5-7-13-11;1-2/h2-3,5,7-8,12H,4,6H2,1H3;1-2H3. The summed E-state index contributed by atoms with van der Waals surface area (Å²) in [6, 6.07) is 8.90. The molecule has 0 saturated carbocycles. The summed E-state index contributed by atoms with van der Waals surface area (Å²) in [6.45, 7) is 5.05. The predicted molar refractivity (Wildman–Crippen MR) is 70.8 cm³/mol. The van der Waals surface area contributed by atoms with Crippen molar-refractivity contribution in [1.29, 1.82) is 0 Å². The van der Waals surface area contributed by atoms with Crippen molar-refractivity contribution >= 4 is 21.4 Å². The molecule has 82 valence electrons. The largest absolute Gasteiger partial charge is 0.319 e. The fourth-order valence-electron chi connectivity index (χ4n) is 1.44. The molecule has 1 N–H and O–H groups in total. The van der Waals surface area contributed by atoms with Crippen LogP contribution in [0.25, 0.3) is 10.1 Å². The Morgan fingerprint density at radius 1 is 1.20 bits per heavy atom. The van der Waals surface area contributed by atoms with E-state index < -0.39 is 0 Å². The maximum Gasteiger partial charge on any atom is 0.0342 e. The highest BCUT2D eigenvalue weighted by atomic mass is 32.1. The first-order valence-electron chi connectivity index (χ1n) is 5.51. The molecule has 1 nitrogen and oxygen atoms in total. The van der Waals surface area contributed by atoms with Crippen LogP contribution in [0.3, 0.4) is 0 Å². The maximum atomic E-state index is 3.16. The van der Waals surface area contributed by atoms with E-state index in [-0.39, 0.29) is 0 Å². The lowest BCUT2D eigenvalue weighted by atomic mass is 10.1. The van der Waals surface area contributed by atoms with Crippen molar-refractivity contribution < 1.29 is 0 Å². The van der Waals surface area contributed by atoms with Gasteiger partial charge in [-0.3, -0.25) is 0 Å². The lowest BCUT2D eigenvalue weighted by molar-refractivity contribution is 0.792. The Kier molecular flexibility index (Phi) is 5.37. The molecule has 0 spiro atoms. The second kappa shape index (κ2) is 6.59. The molecule has 15 heavy (non-hydrogen) atoms. The normalized spacial score (nSPS) is 9.80. The van der Waals surface area contributed by atoms with Gasteiger partial charge in [0.1, 0.15) is 0 Å².